The molecule has 150 valence electrons. The van der Waals surface area contributed by atoms with Gasteiger partial charge in [0.15, 0.2) is 0 Å². The zero-order valence-electron chi connectivity index (χ0n) is 16.3. The molecule has 0 aliphatic heterocycles. The molecule has 7 heteroatoms. The molecule has 2 rings (SSSR count). The van der Waals surface area contributed by atoms with Gasteiger partial charge in [-0.1, -0.05) is 36.4 Å². The summed E-state index contributed by atoms with van der Waals surface area (Å²) >= 11 is 0. The number of esters is 1. The van der Waals surface area contributed by atoms with E-state index in [9.17, 15) is 13.2 Å². The Kier molecular flexibility index (Phi) is 7.37. The van der Waals surface area contributed by atoms with E-state index < -0.39 is 22.0 Å². The van der Waals surface area contributed by atoms with E-state index in [1.165, 1.54) is 12.1 Å². The molecule has 0 amide bonds. The van der Waals surface area contributed by atoms with Gasteiger partial charge in [-0.25, -0.2) is 8.42 Å². The van der Waals surface area contributed by atoms with Crippen molar-refractivity contribution in [2.24, 2.45) is 0 Å². The number of hydrogen-bond donors (Lipinski definition) is 1. The fourth-order valence-corrected chi connectivity index (χ4v) is 3.76. The number of ether oxygens (including phenoxy) is 2. The van der Waals surface area contributed by atoms with E-state index in [0.29, 0.717) is 11.3 Å². The monoisotopic (exact) mass is 403 g/mol. The van der Waals surface area contributed by atoms with E-state index in [2.05, 4.69) is 11.3 Å². The van der Waals surface area contributed by atoms with Gasteiger partial charge >= 0.3 is 5.97 Å². The van der Waals surface area contributed by atoms with Gasteiger partial charge in [0.05, 0.1) is 18.6 Å². The summed E-state index contributed by atoms with van der Waals surface area (Å²) in [5.41, 5.74) is 2.32. The first-order valence-electron chi connectivity index (χ1n) is 8.84. The first kappa shape index (κ1) is 21.7. The van der Waals surface area contributed by atoms with E-state index in [0.717, 1.165) is 11.1 Å². The third-order valence-electron chi connectivity index (χ3n) is 4.15. The summed E-state index contributed by atoms with van der Waals surface area (Å²) in [7, 11) is -2.32. The molecule has 28 heavy (non-hydrogen) atoms. The quantitative estimate of drug-likeness (QED) is 0.650. The van der Waals surface area contributed by atoms with E-state index in [1.54, 1.807) is 50.4 Å². The number of sulfonamides is 1. The third-order valence-corrected chi connectivity index (χ3v) is 5.64. The molecule has 0 aromatic heterocycles. The van der Waals surface area contributed by atoms with Gasteiger partial charge in [0.1, 0.15) is 11.8 Å². The average Bonchev–Trinajstić information content (AvgIpc) is 2.67. The van der Waals surface area contributed by atoms with Crippen molar-refractivity contribution in [3.05, 3.63) is 66.2 Å². The van der Waals surface area contributed by atoms with E-state index in [4.69, 9.17) is 9.47 Å². The molecule has 1 N–H and O–H groups in total. The minimum atomic E-state index is -3.89. The molecule has 0 radical (unpaired) electrons. The minimum Gasteiger partial charge on any atom is -0.497 e. The maximum absolute atomic E-state index is 12.7. The summed E-state index contributed by atoms with van der Waals surface area (Å²) in [6.07, 6.45) is 0.0796. The highest BCUT2D eigenvalue weighted by Gasteiger charge is 2.27. The molecule has 0 saturated heterocycles. The number of methoxy groups -OCH3 is 1. The Balaban J connectivity index is 2.22. The van der Waals surface area contributed by atoms with Gasteiger partial charge in [-0.15, -0.1) is 0 Å². The maximum atomic E-state index is 12.7. The molecule has 0 spiro atoms. The van der Waals surface area contributed by atoms with E-state index in [-0.39, 0.29) is 17.9 Å². The van der Waals surface area contributed by atoms with Crippen LogP contribution in [0.25, 0.3) is 5.57 Å². The van der Waals surface area contributed by atoms with Gasteiger partial charge in [-0.3, -0.25) is 4.79 Å². The van der Waals surface area contributed by atoms with Gasteiger partial charge in [0, 0.05) is 0 Å². The number of hydrogen-bond acceptors (Lipinski definition) is 5. The van der Waals surface area contributed by atoms with Gasteiger partial charge in [0.25, 0.3) is 0 Å². The standard InChI is InChI=1S/C21H25NO5S/c1-5-27-21(23)20(14-16(3)17-8-10-18(26-4)11-9-17)22-28(24,25)19-12-6-15(2)7-13-19/h6-13,20,22H,3,5,14H2,1-2,4H3/t20-/m0/s1. The summed E-state index contributed by atoms with van der Waals surface area (Å²) in [5, 5.41) is 0. The fraction of sp³-hybridized carbons (Fsp3) is 0.286. The molecule has 6 nitrogen and oxygen atoms in total. The lowest BCUT2D eigenvalue weighted by molar-refractivity contribution is -0.144. The van der Waals surface area contributed by atoms with Crippen LogP contribution in [0.15, 0.2) is 60.0 Å². The van der Waals surface area contributed by atoms with Crippen molar-refractivity contribution in [2.75, 3.05) is 13.7 Å². The van der Waals surface area contributed by atoms with Gasteiger partial charge in [-0.05, 0) is 55.7 Å². The maximum Gasteiger partial charge on any atom is 0.324 e. The Morgan fingerprint density at radius 2 is 1.71 bits per heavy atom. The molecule has 0 heterocycles. The topological polar surface area (TPSA) is 81.7 Å². The van der Waals surface area contributed by atoms with Crippen molar-refractivity contribution in [1.82, 2.24) is 4.72 Å². The van der Waals surface area contributed by atoms with Crippen LogP contribution in [0.5, 0.6) is 5.75 Å². The summed E-state index contributed by atoms with van der Waals surface area (Å²) in [6.45, 7) is 7.68. The van der Waals surface area contributed by atoms with Crippen LogP contribution in [0.2, 0.25) is 0 Å². The molecule has 0 saturated carbocycles. The van der Waals surface area contributed by atoms with Crippen molar-refractivity contribution in [1.29, 1.82) is 0 Å². The van der Waals surface area contributed by atoms with Crippen molar-refractivity contribution in [3.63, 3.8) is 0 Å². The highest BCUT2D eigenvalue weighted by molar-refractivity contribution is 7.89. The number of carbonyl (C=O) groups is 1. The number of rotatable bonds is 9. The highest BCUT2D eigenvalue weighted by Crippen LogP contribution is 2.22. The van der Waals surface area contributed by atoms with E-state index in [1.807, 2.05) is 6.92 Å². The summed E-state index contributed by atoms with van der Waals surface area (Å²) in [5.74, 6) is 0.0476. The molecular formula is C21H25NO5S. The molecule has 0 aliphatic rings. The molecule has 0 bridgehead atoms. The number of aryl methyl sites for hydroxylation is 1. The fourth-order valence-electron chi connectivity index (χ4n) is 2.58. The Morgan fingerprint density at radius 3 is 2.25 bits per heavy atom. The van der Waals surface area contributed by atoms with E-state index >= 15 is 0 Å². The van der Waals surface area contributed by atoms with Gasteiger partial charge in [0.2, 0.25) is 10.0 Å². The zero-order valence-corrected chi connectivity index (χ0v) is 17.1. The molecule has 2 aromatic rings. The Hall–Kier alpha value is -2.64. The van der Waals surface area contributed by atoms with Crippen LogP contribution in [-0.2, 0) is 19.6 Å². The summed E-state index contributed by atoms with van der Waals surface area (Å²) in [6, 6.07) is 12.5. The third kappa shape index (κ3) is 5.68. The molecule has 0 fully saturated rings. The largest absolute Gasteiger partial charge is 0.497 e. The second-order valence-corrected chi connectivity index (χ2v) is 7.99. The predicted octanol–water partition coefficient (Wildman–Crippen LogP) is 3.32. The lowest BCUT2D eigenvalue weighted by atomic mass is 10.0. The SMILES string of the molecule is C=C(C[C@H](NS(=O)(=O)c1ccc(C)cc1)C(=O)OCC)c1ccc(OC)cc1. The van der Waals surface area contributed by atoms with Crippen LogP contribution >= 0.6 is 0 Å². The van der Waals surface area contributed by atoms with Crippen LogP contribution in [-0.4, -0.2) is 34.1 Å². The number of nitrogens with one attached hydrogen (secondary N) is 1. The van der Waals surface area contributed by atoms with Crippen molar-refractivity contribution in [2.45, 2.75) is 31.2 Å². The highest BCUT2D eigenvalue weighted by atomic mass is 32.2. The normalized spacial score (nSPS) is 12.2. The Labute approximate surface area is 166 Å². The molecule has 2 aromatic carbocycles. The molecule has 1 atom stereocenters. The van der Waals surface area contributed by atoms with Crippen molar-refractivity contribution >= 4 is 21.6 Å². The minimum absolute atomic E-state index is 0.0796. The second-order valence-electron chi connectivity index (χ2n) is 6.28. The average molecular weight is 404 g/mol. The summed E-state index contributed by atoms with van der Waals surface area (Å²) in [4.78, 5) is 12.4. The van der Waals surface area contributed by atoms with Crippen LogP contribution in [0.3, 0.4) is 0 Å². The first-order chi connectivity index (χ1) is 13.3. The first-order valence-corrected chi connectivity index (χ1v) is 10.3. The van der Waals surface area contributed by atoms with Gasteiger partial charge < -0.3 is 9.47 Å². The lowest BCUT2D eigenvalue weighted by Crippen LogP contribution is -2.42. The smallest absolute Gasteiger partial charge is 0.324 e. The zero-order chi connectivity index (χ0) is 20.7. The van der Waals surface area contributed by atoms with Crippen molar-refractivity contribution in [3.8, 4) is 5.75 Å². The van der Waals surface area contributed by atoms with Crippen LogP contribution in [0, 0.1) is 6.92 Å². The molecule has 0 unspecified atom stereocenters. The Bertz CT molecular complexity index is 918. The number of carbonyl (C=O) groups excluding carboxylic acids is 1. The Morgan fingerprint density at radius 1 is 1.11 bits per heavy atom. The predicted molar refractivity (Wildman–Crippen MR) is 109 cm³/mol. The lowest BCUT2D eigenvalue weighted by Gasteiger charge is -2.19. The van der Waals surface area contributed by atoms with Crippen LogP contribution < -0.4 is 9.46 Å². The van der Waals surface area contributed by atoms with Crippen LogP contribution in [0.4, 0.5) is 0 Å². The van der Waals surface area contributed by atoms with Crippen LogP contribution in [0.1, 0.15) is 24.5 Å². The van der Waals surface area contributed by atoms with Crippen molar-refractivity contribution < 1.29 is 22.7 Å². The molecular weight excluding hydrogens is 378 g/mol. The molecule has 0 aliphatic carbocycles. The summed E-state index contributed by atoms with van der Waals surface area (Å²) < 4.78 is 38.0. The second kappa shape index (κ2) is 9.52. The number of benzene rings is 2. The van der Waals surface area contributed by atoms with Gasteiger partial charge in [-0.2, -0.15) is 4.72 Å².